The van der Waals surface area contributed by atoms with Crippen LogP contribution < -0.4 is 10.2 Å². The van der Waals surface area contributed by atoms with Gasteiger partial charge < -0.3 is 5.32 Å². The lowest BCUT2D eigenvalue weighted by atomic mass is 10.2. The Hall–Kier alpha value is -2.17. The van der Waals surface area contributed by atoms with Crippen molar-refractivity contribution in [2.24, 2.45) is 0 Å². The zero-order valence-electron chi connectivity index (χ0n) is 11.9. The number of para-hydroxylation sites is 1. The van der Waals surface area contributed by atoms with Crippen LogP contribution in [0, 0.1) is 0 Å². The lowest BCUT2D eigenvalue weighted by molar-refractivity contribution is -0.690. The molecule has 0 radical (unpaired) electrons. The molecule has 5 heteroatoms. The Kier molecular flexibility index (Phi) is 4.22. The number of imide groups is 1. The monoisotopic (exact) mass is 315 g/mol. The predicted molar refractivity (Wildman–Crippen MR) is 84.4 cm³/mol. The van der Waals surface area contributed by atoms with Crippen LogP contribution in [-0.2, 0) is 16.1 Å². The van der Waals surface area contributed by atoms with E-state index in [1.165, 1.54) is 4.90 Å². The maximum atomic E-state index is 12.4. The van der Waals surface area contributed by atoms with Gasteiger partial charge in [0.1, 0.15) is 6.54 Å². The van der Waals surface area contributed by atoms with E-state index in [0.29, 0.717) is 17.3 Å². The van der Waals surface area contributed by atoms with E-state index < -0.39 is 0 Å². The first-order valence-corrected chi connectivity index (χ1v) is 7.52. The summed E-state index contributed by atoms with van der Waals surface area (Å²) in [6.45, 7) is 0.642. The molecule has 1 heterocycles. The second-order valence-corrected chi connectivity index (χ2v) is 5.72. The molecule has 2 amide bonds. The third kappa shape index (κ3) is 3.03. The number of rotatable bonds is 4. The summed E-state index contributed by atoms with van der Waals surface area (Å²) >= 11 is 5.85. The number of carbonyl (C=O) groups excluding carboxylic acids is 2. The molecule has 22 heavy (non-hydrogen) atoms. The molecular formula is C17H16ClN2O2+. The second kappa shape index (κ2) is 6.30. The van der Waals surface area contributed by atoms with Crippen LogP contribution in [0.15, 0.2) is 54.6 Å². The van der Waals surface area contributed by atoms with E-state index in [9.17, 15) is 9.59 Å². The smallest absolute Gasteiger partial charge is 0.292 e. The highest BCUT2D eigenvalue weighted by Gasteiger charge is 2.41. The molecule has 1 aliphatic heterocycles. The Labute approximate surface area is 133 Å². The van der Waals surface area contributed by atoms with Gasteiger partial charge in [0.25, 0.3) is 5.91 Å². The Balaban J connectivity index is 1.68. The number of amides is 2. The van der Waals surface area contributed by atoms with Gasteiger partial charge in [-0.15, -0.1) is 0 Å². The standard InChI is InChI=1S/C17H15ClN2O2/c18-13-8-6-12(7-9-13)11-19-15-10-16(21)20(17(15)22)14-4-2-1-3-5-14/h1-9,15,19H,10-11H2/p+1/t15-/m0/s1. The van der Waals surface area contributed by atoms with Crippen molar-refractivity contribution in [2.45, 2.75) is 19.0 Å². The Morgan fingerprint density at radius 3 is 2.41 bits per heavy atom. The molecular weight excluding hydrogens is 300 g/mol. The lowest BCUT2D eigenvalue weighted by Gasteiger charge is -2.13. The molecule has 2 N–H and O–H groups in total. The van der Waals surface area contributed by atoms with Crippen molar-refractivity contribution >= 4 is 29.1 Å². The van der Waals surface area contributed by atoms with Gasteiger partial charge in [0, 0.05) is 10.6 Å². The topological polar surface area (TPSA) is 54.0 Å². The highest BCUT2D eigenvalue weighted by Crippen LogP contribution is 2.21. The van der Waals surface area contributed by atoms with Crippen molar-refractivity contribution in [3.05, 3.63) is 65.2 Å². The van der Waals surface area contributed by atoms with E-state index in [2.05, 4.69) is 0 Å². The summed E-state index contributed by atoms with van der Waals surface area (Å²) in [5.74, 6) is -0.293. The molecule has 0 aromatic heterocycles. The van der Waals surface area contributed by atoms with Crippen LogP contribution in [0.3, 0.4) is 0 Å². The number of quaternary nitrogens is 1. The van der Waals surface area contributed by atoms with Gasteiger partial charge in [-0.05, 0) is 24.3 Å². The van der Waals surface area contributed by atoms with Gasteiger partial charge in [-0.1, -0.05) is 41.9 Å². The highest BCUT2D eigenvalue weighted by molar-refractivity contribution is 6.30. The molecule has 0 bridgehead atoms. The normalized spacial score (nSPS) is 18.0. The number of anilines is 1. The summed E-state index contributed by atoms with van der Waals surface area (Å²) in [5, 5.41) is 2.60. The molecule has 4 nitrogen and oxygen atoms in total. The van der Waals surface area contributed by atoms with Gasteiger partial charge in [-0.25, -0.2) is 4.90 Å². The number of nitrogens with two attached hydrogens (primary N) is 1. The summed E-state index contributed by atoms with van der Waals surface area (Å²) in [5.41, 5.74) is 1.71. The Bertz CT molecular complexity index is 686. The molecule has 0 spiro atoms. The fraction of sp³-hybridized carbons (Fsp3) is 0.176. The first-order chi connectivity index (χ1) is 10.6. The van der Waals surface area contributed by atoms with Crippen LogP contribution in [0.25, 0.3) is 0 Å². The van der Waals surface area contributed by atoms with Gasteiger partial charge in [-0.2, -0.15) is 0 Å². The fourth-order valence-electron chi connectivity index (χ4n) is 2.59. The number of halogens is 1. The average Bonchev–Trinajstić information content (AvgIpc) is 2.82. The molecule has 0 unspecified atom stereocenters. The van der Waals surface area contributed by atoms with Crippen LogP contribution in [-0.4, -0.2) is 17.9 Å². The number of carbonyl (C=O) groups is 2. The van der Waals surface area contributed by atoms with E-state index in [4.69, 9.17) is 11.6 Å². The minimum atomic E-state index is -0.358. The first-order valence-electron chi connectivity index (χ1n) is 7.15. The third-order valence-corrected chi connectivity index (χ3v) is 4.00. The van der Waals surface area contributed by atoms with Gasteiger partial charge in [-0.3, -0.25) is 9.59 Å². The number of benzene rings is 2. The van der Waals surface area contributed by atoms with Crippen LogP contribution in [0.5, 0.6) is 0 Å². The minimum absolute atomic E-state index is 0.145. The van der Waals surface area contributed by atoms with Crippen molar-refractivity contribution in [1.29, 1.82) is 0 Å². The molecule has 1 saturated heterocycles. The van der Waals surface area contributed by atoms with Crippen LogP contribution in [0.1, 0.15) is 12.0 Å². The van der Waals surface area contributed by atoms with Gasteiger partial charge >= 0.3 is 0 Å². The lowest BCUT2D eigenvalue weighted by Crippen LogP contribution is -2.90. The summed E-state index contributed by atoms with van der Waals surface area (Å²) in [7, 11) is 0. The molecule has 0 aliphatic carbocycles. The second-order valence-electron chi connectivity index (χ2n) is 5.28. The quantitative estimate of drug-likeness (QED) is 0.874. The zero-order chi connectivity index (χ0) is 15.5. The van der Waals surface area contributed by atoms with Gasteiger partial charge in [0.2, 0.25) is 5.91 Å². The van der Waals surface area contributed by atoms with E-state index in [1.54, 1.807) is 12.1 Å². The summed E-state index contributed by atoms with van der Waals surface area (Å²) in [6.07, 6.45) is 0.237. The molecule has 0 saturated carbocycles. The molecule has 2 aromatic rings. The number of nitrogens with zero attached hydrogens (tertiary/aromatic N) is 1. The zero-order valence-corrected chi connectivity index (χ0v) is 12.7. The maximum absolute atomic E-state index is 12.4. The van der Waals surface area contributed by atoms with Crippen LogP contribution >= 0.6 is 11.6 Å². The van der Waals surface area contributed by atoms with Crippen molar-refractivity contribution in [3.63, 3.8) is 0 Å². The fourth-order valence-corrected chi connectivity index (χ4v) is 2.71. The molecule has 1 aliphatic rings. The van der Waals surface area contributed by atoms with Crippen molar-refractivity contribution in [3.8, 4) is 0 Å². The Morgan fingerprint density at radius 2 is 1.73 bits per heavy atom. The molecule has 3 rings (SSSR count). The third-order valence-electron chi connectivity index (χ3n) is 3.75. The molecule has 1 atom stereocenters. The summed E-state index contributed by atoms with van der Waals surface area (Å²) < 4.78 is 0. The van der Waals surface area contributed by atoms with Crippen molar-refractivity contribution < 1.29 is 14.9 Å². The van der Waals surface area contributed by atoms with Crippen LogP contribution in [0.2, 0.25) is 5.02 Å². The van der Waals surface area contributed by atoms with Crippen molar-refractivity contribution in [1.82, 2.24) is 0 Å². The maximum Gasteiger partial charge on any atom is 0.292 e. The number of hydrogen-bond acceptors (Lipinski definition) is 2. The summed E-state index contributed by atoms with van der Waals surface area (Å²) in [6, 6.07) is 16.2. The van der Waals surface area contributed by atoms with Crippen LogP contribution in [0.4, 0.5) is 5.69 Å². The average molecular weight is 316 g/mol. The molecule has 1 fully saturated rings. The SMILES string of the molecule is O=C1C[C@H]([NH2+]Cc2ccc(Cl)cc2)C(=O)N1c1ccccc1. The predicted octanol–water partition coefficient (Wildman–Crippen LogP) is 1.74. The number of hydrogen-bond donors (Lipinski definition) is 1. The van der Waals surface area contributed by atoms with E-state index in [-0.39, 0.29) is 24.3 Å². The van der Waals surface area contributed by atoms with E-state index in [1.807, 2.05) is 47.8 Å². The van der Waals surface area contributed by atoms with Gasteiger partial charge in [0.05, 0.1) is 12.1 Å². The first kappa shape index (κ1) is 14.8. The van der Waals surface area contributed by atoms with Crippen molar-refractivity contribution in [2.75, 3.05) is 4.90 Å². The van der Waals surface area contributed by atoms with E-state index in [0.717, 1.165) is 5.56 Å². The van der Waals surface area contributed by atoms with Gasteiger partial charge in [0.15, 0.2) is 6.04 Å². The highest BCUT2D eigenvalue weighted by atomic mass is 35.5. The van der Waals surface area contributed by atoms with E-state index >= 15 is 0 Å². The largest absolute Gasteiger partial charge is 0.332 e. The molecule has 112 valence electrons. The minimum Gasteiger partial charge on any atom is -0.332 e. The summed E-state index contributed by atoms with van der Waals surface area (Å²) in [4.78, 5) is 25.8. The Morgan fingerprint density at radius 1 is 1.05 bits per heavy atom. The molecule has 2 aromatic carbocycles.